The summed E-state index contributed by atoms with van der Waals surface area (Å²) >= 11 is 0. The Morgan fingerprint density at radius 3 is 2.29 bits per heavy atom. The molecule has 3 N–H and O–H groups in total. The van der Waals surface area contributed by atoms with Gasteiger partial charge in [0.1, 0.15) is 5.75 Å². The Bertz CT molecular complexity index is 1160. The first-order valence-corrected chi connectivity index (χ1v) is 10.7. The number of hydrazone groups is 1. The molecular weight excluding hydrogens is 432 g/mol. The first-order valence-electron chi connectivity index (χ1n) is 10.7. The van der Waals surface area contributed by atoms with Crippen molar-refractivity contribution in [3.63, 3.8) is 0 Å². The summed E-state index contributed by atoms with van der Waals surface area (Å²) < 4.78 is 5.52. The normalized spacial score (nSPS) is 11.5. The molecule has 0 saturated carbocycles. The number of hydrogen-bond donors (Lipinski definition) is 3. The van der Waals surface area contributed by atoms with Crippen LogP contribution >= 0.6 is 0 Å². The number of anilines is 1. The van der Waals surface area contributed by atoms with E-state index in [2.05, 4.69) is 21.2 Å². The Morgan fingerprint density at radius 1 is 0.912 bits per heavy atom. The van der Waals surface area contributed by atoms with Gasteiger partial charge in [-0.1, -0.05) is 48.5 Å². The molecule has 3 aromatic rings. The SMILES string of the molecule is Cc1ccccc1NC(=O)C(=O)N/N=C\c1ccc(OCC(=O)N[C@@H](C)c2ccccc2)cc1. The van der Waals surface area contributed by atoms with Gasteiger partial charge < -0.3 is 15.4 Å². The van der Waals surface area contributed by atoms with E-state index in [1.807, 2.05) is 56.3 Å². The maximum atomic E-state index is 12.1. The predicted octanol–water partition coefficient (Wildman–Crippen LogP) is 3.34. The summed E-state index contributed by atoms with van der Waals surface area (Å²) in [5, 5.41) is 9.22. The van der Waals surface area contributed by atoms with Crippen molar-refractivity contribution in [3.05, 3.63) is 95.6 Å². The summed E-state index contributed by atoms with van der Waals surface area (Å²) in [5.74, 6) is -1.40. The molecule has 1 atom stereocenters. The number of benzene rings is 3. The molecule has 8 heteroatoms. The van der Waals surface area contributed by atoms with E-state index in [1.54, 1.807) is 36.4 Å². The molecule has 0 bridgehead atoms. The van der Waals surface area contributed by atoms with Crippen LogP contribution in [0.5, 0.6) is 5.75 Å². The third-order valence-electron chi connectivity index (χ3n) is 4.91. The number of carbonyl (C=O) groups excluding carboxylic acids is 3. The van der Waals surface area contributed by atoms with Crippen LogP contribution in [0.2, 0.25) is 0 Å². The number of para-hydroxylation sites is 1. The molecule has 3 rings (SSSR count). The van der Waals surface area contributed by atoms with Gasteiger partial charge in [0.2, 0.25) is 0 Å². The molecule has 0 saturated heterocycles. The van der Waals surface area contributed by atoms with Crippen LogP contribution in [0, 0.1) is 6.92 Å². The van der Waals surface area contributed by atoms with Crippen molar-refractivity contribution in [1.82, 2.24) is 10.7 Å². The van der Waals surface area contributed by atoms with Gasteiger partial charge >= 0.3 is 11.8 Å². The largest absolute Gasteiger partial charge is 0.484 e. The quantitative estimate of drug-likeness (QED) is 0.273. The molecule has 0 heterocycles. The summed E-state index contributed by atoms with van der Waals surface area (Å²) in [4.78, 5) is 36.0. The highest BCUT2D eigenvalue weighted by Gasteiger charge is 2.13. The minimum Gasteiger partial charge on any atom is -0.484 e. The smallest absolute Gasteiger partial charge is 0.329 e. The lowest BCUT2D eigenvalue weighted by molar-refractivity contribution is -0.136. The van der Waals surface area contributed by atoms with Crippen LogP contribution in [0.15, 0.2) is 84.0 Å². The zero-order valence-electron chi connectivity index (χ0n) is 18.9. The lowest BCUT2D eigenvalue weighted by atomic mass is 10.1. The number of nitrogens with zero attached hydrogens (tertiary/aromatic N) is 1. The van der Waals surface area contributed by atoms with Crippen LogP contribution in [0.1, 0.15) is 29.7 Å². The first kappa shape index (κ1) is 24.2. The molecule has 3 amide bonds. The zero-order chi connectivity index (χ0) is 24.3. The second-order valence-corrected chi connectivity index (χ2v) is 7.53. The van der Waals surface area contributed by atoms with Crippen molar-refractivity contribution in [2.45, 2.75) is 19.9 Å². The second kappa shape index (κ2) is 12.0. The van der Waals surface area contributed by atoms with E-state index < -0.39 is 11.8 Å². The van der Waals surface area contributed by atoms with Crippen molar-refractivity contribution in [1.29, 1.82) is 0 Å². The molecule has 0 aromatic heterocycles. The number of carbonyl (C=O) groups is 3. The summed E-state index contributed by atoms with van der Waals surface area (Å²) in [6.45, 7) is 3.62. The molecule has 0 aliphatic rings. The van der Waals surface area contributed by atoms with Gasteiger partial charge in [-0.15, -0.1) is 0 Å². The number of rotatable bonds is 8. The van der Waals surface area contributed by atoms with E-state index in [1.165, 1.54) is 6.21 Å². The third kappa shape index (κ3) is 7.30. The summed E-state index contributed by atoms with van der Waals surface area (Å²) in [6.07, 6.45) is 1.40. The Kier molecular flexibility index (Phi) is 8.51. The molecule has 0 radical (unpaired) electrons. The fraction of sp³-hybridized carbons (Fsp3) is 0.154. The topological polar surface area (TPSA) is 109 Å². The van der Waals surface area contributed by atoms with Gasteiger partial charge in [0.15, 0.2) is 6.61 Å². The van der Waals surface area contributed by atoms with Crippen LogP contribution in [0.3, 0.4) is 0 Å². The summed E-state index contributed by atoms with van der Waals surface area (Å²) in [5.41, 5.74) is 5.29. The summed E-state index contributed by atoms with van der Waals surface area (Å²) in [7, 11) is 0. The van der Waals surface area contributed by atoms with E-state index in [0.717, 1.165) is 11.1 Å². The maximum absolute atomic E-state index is 12.1. The van der Waals surface area contributed by atoms with Crippen LogP contribution in [-0.4, -0.2) is 30.5 Å². The molecule has 0 aliphatic carbocycles. The van der Waals surface area contributed by atoms with E-state index in [0.29, 0.717) is 17.0 Å². The van der Waals surface area contributed by atoms with Crippen molar-refractivity contribution >= 4 is 29.6 Å². The van der Waals surface area contributed by atoms with Crippen molar-refractivity contribution < 1.29 is 19.1 Å². The van der Waals surface area contributed by atoms with E-state index in [4.69, 9.17) is 4.74 Å². The van der Waals surface area contributed by atoms with Crippen LogP contribution in [0.25, 0.3) is 0 Å². The average molecular weight is 459 g/mol. The number of nitrogens with one attached hydrogen (secondary N) is 3. The molecule has 3 aromatic carbocycles. The Hall–Kier alpha value is -4.46. The zero-order valence-corrected chi connectivity index (χ0v) is 18.9. The van der Waals surface area contributed by atoms with E-state index >= 15 is 0 Å². The Balaban J connectivity index is 1.42. The van der Waals surface area contributed by atoms with Crippen LogP contribution in [0.4, 0.5) is 5.69 Å². The number of hydrogen-bond acceptors (Lipinski definition) is 5. The average Bonchev–Trinajstić information content (AvgIpc) is 2.85. The highest BCUT2D eigenvalue weighted by atomic mass is 16.5. The highest BCUT2D eigenvalue weighted by Crippen LogP contribution is 2.14. The van der Waals surface area contributed by atoms with Crippen molar-refractivity contribution in [3.8, 4) is 5.75 Å². The molecule has 0 fully saturated rings. The Morgan fingerprint density at radius 2 is 1.59 bits per heavy atom. The monoisotopic (exact) mass is 458 g/mol. The number of aryl methyl sites for hydroxylation is 1. The van der Waals surface area contributed by atoms with Crippen LogP contribution in [-0.2, 0) is 14.4 Å². The summed E-state index contributed by atoms with van der Waals surface area (Å²) in [6, 6.07) is 23.5. The first-order chi connectivity index (χ1) is 16.4. The van der Waals surface area contributed by atoms with Gasteiger partial charge in [0, 0.05) is 5.69 Å². The molecule has 174 valence electrons. The van der Waals surface area contributed by atoms with Crippen molar-refractivity contribution in [2.75, 3.05) is 11.9 Å². The minimum absolute atomic E-state index is 0.114. The van der Waals surface area contributed by atoms with E-state index in [9.17, 15) is 14.4 Å². The van der Waals surface area contributed by atoms with Gasteiger partial charge in [-0.2, -0.15) is 5.10 Å². The predicted molar refractivity (Wildman–Crippen MR) is 130 cm³/mol. The molecule has 34 heavy (non-hydrogen) atoms. The van der Waals surface area contributed by atoms with Gasteiger partial charge in [0.25, 0.3) is 5.91 Å². The second-order valence-electron chi connectivity index (χ2n) is 7.53. The van der Waals surface area contributed by atoms with Crippen LogP contribution < -0.4 is 20.8 Å². The fourth-order valence-corrected chi connectivity index (χ4v) is 3.02. The number of ether oxygens (including phenoxy) is 1. The highest BCUT2D eigenvalue weighted by molar-refractivity contribution is 6.39. The maximum Gasteiger partial charge on any atom is 0.329 e. The third-order valence-corrected chi connectivity index (χ3v) is 4.91. The molecule has 8 nitrogen and oxygen atoms in total. The van der Waals surface area contributed by atoms with E-state index in [-0.39, 0.29) is 18.6 Å². The minimum atomic E-state index is -0.879. The molecular formula is C26H26N4O4. The standard InChI is InChI=1S/C26H26N4O4/c1-18-8-6-7-11-23(18)29-25(32)26(33)30-27-16-20-12-14-22(15-13-20)34-17-24(31)28-19(2)21-9-4-3-5-10-21/h3-16,19H,17H2,1-2H3,(H,28,31)(H,29,32)(H,30,33)/b27-16-/t19-/m0/s1. The molecule has 0 unspecified atom stereocenters. The van der Waals surface area contributed by atoms with Gasteiger partial charge in [-0.25, -0.2) is 5.43 Å². The van der Waals surface area contributed by atoms with Crippen molar-refractivity contribution in [2.24, 2.45) is 5.10 Å². The van der Waals surface area contributed by atoms with Gasteiger partial charge in [-0.05, 0) is 60.9 Å². The van der Waals surface area contributed by atoms with Gasteiger partial charge in [0.05, 0.1) is 12.3 Å². The molecule has 0 spiro atoms. The Labute approximate surface area is 198 Å². The molecule has 0 aliphatic heterocycles. The van der Waals surface area contributed by atoms with Gasteiger partial charge in [-0.3, -0.25) is 14.4 Å². The number of amides is 3. The lowest BCUT2D eigenvalue weighted by Gasteiger charge is -2.14. The fourth-order valence-electron chi connectivity index (χ4n) is 3.02. The lowest BCUT2D eigenvalue weighted by Crippen LogP contribution is -2.32.